The zero-order chi connectivity index (χ0) is 18.4. The zero-order valence-electron chi connectivity index (χ0n) is 14.7. The number of rotatable bonds is 7. The van der Waals surface area contributed by atoms with Crippen LogP contribution in [0.5, 0.6) is 5.75 Å². The minimum Gasteiger partial charge on any atom is -0.496 e. The summed E-state index contributed by atoms with van der Waals surface area (Å²) < 4.78 is 7.22. The molecule has 1 amide bonds. The van der Waals surface area contributed by atoms with Gasteiger partial charge in [-0.2, -0.15) is 5.10 Å². The molecule has 5 nitrogen and oxygen atoms in total. The summed E-state index contributed by atoms with van der Waals surface area (Å²) >= 11 is 0. The van der Waals surface area contributed by atoms with Crippen LogP contribution in [0.15, 0.2) is 73.4 Å². The molecule has 0 saturated carbocycles. The lowest BCUT2D eigenvalue weighted by molar-refractivity contribution is 0.0958. The average Bonchev–Trinajstić information content (AvgIpc) is 3.10. The number of benzene rings is 2. The van der Waals surface area contributed by atoms with Gasteiger partial charge in [-0.1, -0.05) is 48.5 Å². The Balaban J connectivity index is 2.02. The van der Waals surface area contributed by atoms with E-state index >= 15 is 0 Å². The Bertz CT molecular complexity index is 901. The van der Waals surface area contributed by atoms with Crippen molar-refractivity contribution in [2.24, 2.45) is 0 Å². The van der Waals surface area contributed by atoms with Gasteiger partial charge < -0.3 is 10.1 Å². The van der Waals surface area contributed by atoms with Crippen LogP contribution in [-0.4, -0.2) is 29.3 Å². The van der Waals surface area contributed by atoms with Crippen molar-refractivity contribution in [2.75, 3.05) is 13.7 Å². The number of nitrogens with zero attached hydrogens (tertiary/aromatic N) is 2. The van der Waals surface area contributed by atoms with Crippen LogP contribution in [0.4, 0.5) is 0 Å². The van der Waals surface area contributed by atoms with Crippen LogP contribution in [0, 0.1) is 0 Å². The second-order valence-corrected chi connectivity index (χ2v) is 5.77. The summed E-state index contributed by atoms with van der Waals surface area (Å²) in [6, 6.07) is 17.6. The van der Waals surface area contributed by atoms with E-state index in [-0.39, 0.29) is 5.91 Å². The summed E-state index contributed by atoms with van der Waals surface area (Å²) in [6.45, 7) is 4.62. The minimum atomic E-state index is -0.190. The van der Waals surface area contributed by atoms with Crippen molar-refractivity contribution >= 4 is 5.91 Å². The Kier molecular flexibility index (Phi) is 5.49. The molecule has 0 spiro atoms. The smallest absolute Gasteiger partial charge is 0.255 e. The van der Waals surface area contributed by atoms with Crippen LogP contribution in [0.25, 0.3) is 11.3 Å². The van der Waals surface area contributed by atoms with Gasteiger partial charge in [-0.25, -0.2) is 0 Å². The SMILES string of the molecule is C=CCNC(=O)c1cn(Cc2ccccc2)nc1-c1ccccc1OC. The van der Waals surface area contributed by atoms with Crippen molar-refractivity contribution in [3.8, 4) is 17.0 Å². The van der Waals surface area contributed by atoms with Crippen LogP contribution < -0.4 is 10.1 Å². The molecule has 0 aliphatic rings. The fourth-order valence-corrected chi connectivity index (χ4v) is 2.74. The summed E-state index contributed by atoms with van der Waals surface area (Å²) in [5.74, 6) is 0.486. The van der Waals surface area contributed by atoms with Crippen molar-refractivity contribution in [3.05, 3.63) is 84.6 Å². The van der Waals surface area contributed by atoms with Gasteiger partial charge in [-0.05, 0) is 17.7 Å². The monoisotopic (exact) mass is 347 g/mol. The summed E-state index contributed by atoms with van der Waals surface area (Å²) in [6.07, 6.45) is 3.42. The van der Waals surface area contributed by atoms with Gasteiger partial charge in [0.15, 0.2) is 0 Å². The van der Waals surface area contributed by atoms with Crippen molar-refractivity contribution in [2.45, 2.75) is 6.54 Å². The molecule has 5 heteroatoms. The van der Waals surface area contributed by atoms with Gasteiger partial charge in [0.2, 0.25) is 0 Å². The third kappa shape index (κ3) is 3.83. The number of hydrogen-bond acceptors (Lipinski definition) is 3. The molecule has 0 radical (unpaired) electrons. The Hall–Kier alpha value is -3.34. The van der Waals surface area contributed by atoms with Gasteiger partial charge in [-0.3, -0.25) is 9.48 Å². The fraction of sp³-hybridized carbons (Fsp3) is 0.143. The van der Waals surface area contributed by atoms with E-state index in [1.54, 1.807) is 24.1 Å². The second-order valence-electron chi connectivity index (χ2n) is 5.77. The molecule has 26 heavy (non-hydrogen) atoms. The maximum absolute atomic E-state index is 12.6. The van der Waals surface area contributed by atoms with E-state index in [0.717, 1.165) is 11.1 Å². The molecule has 0 bridgehead atoms. The lowest BCUT2D eigenvalue weighted by Crippen LogP contribution is -2.23. The molecule has 1 heterocycles. The number of para-hydroxylation sites is 1. The van der Waals surface area contributed by atoms with Gasteiger partial charge in [0.05, 0.1) is 19.2 Å². The normalized spacial score (nSPS) is 10.3. The molecule has 1 N–H and O–H groups in total. The fourth-order valence-electron chi connectivity index (χ4n) is 2.74. The molecule has 0 unspecified atom stereocenters. The molecule has 0 fully saturated rings. The van der Waals surface area contributed by atoms with Gasteiger partial charge in [0.1, 0.15) is 11.4 Å². The third-order valence-electron chi connectivity index (χ3n) is 3.96. The van der Waals surface area contributed by atoms with E-state index in [1.807, 2.05) is 54.6 Å². The summed E-state index contributed by atoms with van der Waals surface area (Å²) in [4.78, 5) is 12.6. The Morgan fingerprint density at radius 2 is 1.92 bits per heavy atom. The highest BCUT2D eigenvalue weighted by Gasteiger charge is 2.20. The quantitative estimate of drug-likeness (QED) is 0.665. The van der Waals surface area contributed by atoms with Crippen molar-refractivity contribution < 1.29 is 9.53 Å². The number of nitrogens with one attached hydrogen (secondary N) is 1. The van der Waals surface area contributed by atoms with Gasteiger partial charge in [0.25, 0.3) is 5.91 Å². The predicted molar refractivity (Wildman–Crippen MR) is 102 cm³/mol. The van der Waals surface area contributed by atoms with Crippen LogP contribution in [0.1, 0.15) is 15.9 Å². The highest BCUT2D eigenvalue weighted by Crippen LogP contribution is 2.31. The van der Waals surface area contributed by atoms with Crippen LogP contribution in [0.3, 0.4) is 0 Å². The number of aromatic nitrogens is 2. The lowest BCUT2D eigenvalue weighted by atomic mass is 10.1. The number of carbonyl (C=O) groups is 1. The van der Waals surface area contributed by atoms with E-state index in [2.05, 4.69) is 17.0 Å². The van der Waals surface area contributed by atoms with E-state index in [9.17, 15) is 4.79 Å². The first kappa shape index (κ1) is 17.5. The number of methoxy groups -OCH3 is 1. The highest BCUT2D eigenvalue weighted by molar-refractivity contribution is 6.00. The molecule has 2 aromatic carbocycles. The predicted octanol–water partition coefficient (Wildman–Crippen LogP) is 3.52. The molecular weight excluding hydrogens is 326 g/mol. The first-order valence-electron chi connectivity index (χ1n) is 8.36. The molecule has 132 valence electrons. The van der Waals surface area contributed by atoms with Crippen LogP contribution in [-0.2, 0) is 6.54 Å². The summed E-state index contributed by atoms with van der Waals surface area (Å²) in [5.41, 5.74) is 3.00. The van der Waals surface area contributed by atoms with E-state index in [1.165, 1.54) is 0 Å². The zero-order valence-corrected chi connectivity index (χ0v) is 14.7. The topological polar surface area (TPSA) is 56.2 Å². The van der Waals surface area contributed by atoms with Crippen molar-refractivity contribution in [1.82, 2.24) is 15.1 Å². The van der Waals surface area contributed by atoms with E-state index in [0.29, 0.717) is 30.1 Å². The number of hydrogen-bond donors (Lipinski definition) is 1. The standard InChI is InChI=1S/C21H21N3O2/c1-3-13-22-21(25)18-15-24(14-16-9-5-4-6-10-16)23-20(18)17-11-7-8-12-19(17)26-2/h3-12,15H,1,13-14H2,2H3,(H,22,25). The first-order chi connectivity index (χ1) is 12.7. The maximum atomic E-state index is 12.6. The van der Waals surface area contributed by atoms with Crippen molar-refractivity contribution in [3.63, 3.8) is 0 Å². The minimum absolute atomic E-state index is 0.190. The van der Waals surface area contributed by atoms with Gasteiger partial charge >= 0.3 is 0 Å². The molecule has 1 aromatic heterocycles. The Morgan fingerprint density at radius 1 is 1.19 bits per heavy atom. The van der Waals surface area contributed by atoms with Crippen LogP contribution >= 0.6 is 0 Å². The number of ether oxygens (including phenoxy) is 1. The molecule has 0 aliphatic heterocycles. The number of carbonyl (C=O) groups excluding carboxylic acids is 1. The maximum Gasteiger partial charge on any atom is 0.255 e. The molecule has 3 rings (SSSR count). The Morgan fingerprint density at radius 3 is 2.65 bits per heavy atom. The Labute approximate surface area is 152 Å². The molecule has 0 aliphatic carbocycles. The number of amides is 1. The third-order valence-corrected chi connectivity index (χ3v) is 3.96. The molecule has 0 atom stereocenters. The lowest BCUT2D eigenvalue weighted by Gasteiger charge is -2.07. The average molecular weight is 347 g/mol. The second kappa shape index (κ2) is 8.16. The molecular formula is C21H21N3O2. The van der Waals surface area contributed by atoms with Gasteiger partial charge in [-0.15, -0.1) is 6.58 Å². The van der Waals surface area contributed by atoms with Gasteiger partial charge in [0, 0.05) is 18.3 Å². The highest BCUT2D eigenvalue weighted by atomic mass is 16.5. The van der Waals surface area contributed by atoms with E-state index < -0.39 is 0 Å². The largest absolute Gasteiger partial charge is 0.496 e. The summed E-state index contributed by atoms with van der Waals surface area (Å²) in [7, 11) is 1.61. The van der Waals surface area contributed by atoms with Crippen LogP contribution in [0.2, 0.25) is 0 Å². The van der Waals surface area contributed by atoms with Crippen molar-refractivity contribution in [1.29, 1.82) is 0 Å². The molecule has 0 saturated heterocycles. The summed E-state index contributed by atoms with van der Waals surface area (Å²) in [5, 5.41) is 7.49. The van der Waals surface area contributed by atoms with E-state index in [4.69, 9.17) is 4.74 Å². The molecule has 3 aromatic rings. The first-order valence-corrected chi connectivity index (χ1v) is 8.36.